The number of nitrogens with zero attached hydrogens (tertiary/aromatic N) is 1. The number of methoxy groups -OCH3 is 2. The van der Waals surface area contributed by atoms with Crippen LogP contribution in [0.4, 0.5) is 32.2 Å². The van der Waals surface area contributed by atoms with Crippen LogP contribution in [0.5, 0.6) is 28.7 Å². The molecule has 0 aliphatic rings. The average Bonchev–Trinajstić information content (AvgIpc) is 2.83. The smallest absolute Gasteiger partial charge is 0.495 e. The van der Waals surface area contributed by atoms with Gasteiger partial charge in [-0.2, -0.15) is 13.2 Å². The molecule has 0 fully saturated rings. The summed E-state index contributed by atoms with van der Waals surface area (Å²) in [5.41, 5.74) is 3.10. The summed E-state index contributed by atoms with van der Waals surface area (Å²) in [7, 11) is 2.00. The lowest BCUT2D eigenvalue weighted by atomic mass is 10.1. The van der Waals surface area contributed by atoms with Gasteiger partial charge in [0.25, 0.3) is 5.91 Å². The molecular weight excluding hydrogens is 528 g/mol. The van der Waals surface area contributed by atoms with Gasteiger partial charge in [0.2, 0.25) is 5.91 Å². The first kappa shape index (κ1) is 27.9. The Morgan fingerprint density at radius 3 is 2.13 bits per heavy atom. The third-order valence-electron chi connectivity index (χ3n) is 4.73. The Kier molecular flexibility index (Phi) is 7.88. The molecule has 3 N–H and O–H groups in total. The van der Waals surface area contributed by atoms with Crippen LogP contribution in [0.2, 0.25) is 0 Å². The molecule has 0 saturated heterocycles. The number of anilines is 1. The van der Waals surface area contributed by atoms with E-state index in [0.29, 0.717) is 6.07 Å². The maximum absolute atomic E-state index is 13.6. The lowest BCUT2D eigenvalue weighted by Gasteiger charge is -2.20. The summed E-state index contributed by atoms with van der Waals surface area (Å²) in [5, 5.41) is 2.26. The van der Waals surface area contributed by atoms with Crippen molar-refractivity contribution in [1.82, 2.24) is 4.98 Å². The Bertz CT molecular complexity index is 1350. The Balaban J connectivity index is 0.00000533. The third-order valence-corrected chi connectivity index (χ3v) is 4.73. The fraction of sp³-hybridized carbons (Fsp3) is 0.174. The summed E-state index contributed by atoms with van der Waals surface area (Å²) < 4.78 is 97.9. The van der Waals surface area contributed by atoms with Crippen LogP contribution < -0.4 is 30.0 Å². The van der Waals surface area contributed by atoms with Gasteiger partial charge in [-0.3, -0.25) is 9.59 Å². The first-order valence-corrected chi connectivity index (χ1v) is 10.2. The van der Waals surface area contributed by atoms with E-state index in [1.165, 1.54) is 12.1 Å². The summed E-state index contributed by atoms with van der Waals surface area (Å²) in [6.07, 6.45) is -8.90. The van der Waals surface area contributed by atoms with E-state index >= 15 is 0 Å². The highest BCUT2D eigenvalue weighted by Gasteiger charge is 2.38. The van der Waals surface area contributed by atoms with Gasteiger partial charge in [-0.05, 0) is 36.4 Å². The minimum atomic E-state index is -5.00. The maximum Gasteiger partial charge on any atom is 0.573 e. The molecule has 38 heavy (non-hydrogen) atoms. The van der Waals surface area contributed by atoms with Gasteiger partial charge in [-0.25, -0.2) is 4.98 Å². The second-order valence-corrected chi connectivity index (χ2v) is 7.23. The fourth-order valence-corrected chi connectivity index (χ4v) is 3.14. The molecule has 0 aliphatic carbocycles. The predicted molar refractivity (Wildman–Crippen MR) is 121 cm³/mol. The molecule has 2 aromatic carbocycles. The van der Waals surface area contributed by atoms with Crippen molar-refractivity contribution in [2.24, 2.45) is 5.73 Å². The van der Waals surface area contributed by atoms with Crippen LogP contribution in [0.1, 0.15) is 27.7 Å². The van der Waals surface area contributed by atoms with Crippen LogP contribution >= 0.6 is 0 Å². The highest BCUT2D eigenvalue weighted by Crippen LogP contribution is 2.44. The number of halogens is 6. The number of nitrogens with one attached hydrogen (secondary N) is 1. The third kappa shape index (κ3) is 6.54. The van der Waals surface area contributed by atoms with E-state index < -0.39 is 52.7 Å². The SMILES string of the molecule is COc1cc(OC(F)(F)F)ccc1Oc1ccc(C(F)(F)F)c(OC)c1C(=O)Nc1ccc(C(N)=O)cn1.[HH]. The Morgan fingerprint density at radius 1 is 0.921 bits per heavy atom. The standard InChI is InChI=1S/C23H17F6N3O6.H2/c1-35-16-9-12(38-23(27,28)29)4-6-14(16)37-15-7-5-13(22(24,25)26)19(36-2)18(15)21(34)32-17-8-3-11(10-31-17)20(30)33;/h3-10H,1-2H3,(H2,30,33)(H,31,32,34);1H. The van der Waals surface area contributed by atoms with Crippen molar-refractivity contribution >= 4 is 17.6 Å². The number of hydrogen-bond acceptors (Lipinski definition) is 7. The van der Waals surface area contributed by atoms with E-state index in [9.17, 15) is 35.9 Å². The van der Waals surface area contributed by atoms with E-state index in [-0.39, 0.29) is 24.3 Å². The number of carbonyl (C=O) groups is 2. The first-order chi connectivity index (χ1) is 17.7. The number of carbonyl (C=O) groups excluding carboxylic acids is 2. The van der Waals surface area contributed by atoms with Crippen LogP contribution in [0.3, 0.4) is 0 Å². The molecule has 0 aliphatic heterocycles. The number of hydrogen-bond donors (Lipinski definition) is 2. The maximum atomic E-state index is 13.6. The summed E-state index contributed by atoms with van der Waals surface area (Å²) in [6, 6.07) is 6.52. The summed E-state index contributed by atoms with van der Waals surface area (Å²) >= 11 is 0. The zero-order valence-corrected chi connectivity index (χ0v) is 19.4. The fourth-order valence-electron chi connectivity index (χ4n) is 3.14. The molecule has 1 aromatic heterocycles. The van der Waals surface area contributed by atoms with E-state index in [1.54, 1.807) is 0 Å². The van der Waals surface area contributed by atoms with Crippen LogP contribution in [-0.2, 0) is 6.18 Å². The molecule has 2 amide bonds. The van der Waals surface area contributed by atoms with E-state index in [2.05, 4.69) is 15.0 Å². The van der Waals surface area contributed by atoms with Crippen LogP contribution in [0.25, 0.3) is 0 Å². The number of amides is 2. The topological polar surface area (TPSA) is 122 Å². The van der Waals surface area contributed by atoms with Crippen LogP contribution in [0.15, 0.2) is 48.7 Å². The Hall–Kier alpha value is -4.69. The van der Waals surface area contributed by atoms with Gasteiger partial charge in [0, 0.05) is 13.7 Å². The van der Waals surface area contributed by atoms with E-state index in [0.717, 1.165) is 44.7 Å². The van der Waals surface area contributed by atoms with E-state index in [1.807, 2.05) is 0 Å². The lowest BCUT2D eigenvalue weighted by Crippen LogP contribution is -2.19. The molecule has 3 aromatic rings. The molecule has 9 nitrogen and oxygen atoms in total. The number of rotatable bonds is 8. The number of ether oxygens (including phenoxy) is 4. The summed E-state index contributed by atoms with van der Waals surface area (Å²) in [4.78, 5) is 28.1. The van der Waals surface area contributed by atoms with Gasteiger partial charge in [-0.15, -0.1) is 13.2 Å². The molecule has 3 rings (SSSR count). The van der Waals surface area contributed by atoms with Crippen molar-refractivity contribution in [3.05, 3.63) is 65.4 Å². The van der Waals surface area contributed by atoms with Crippen molar-refractivity contribution in [2.45, 2.75) is 12.5 Å². The van der Waals surface area contributed by atoms with Gasteiger partial charge in [-0.1, -0.05) is 0 Å². The largest absolute Gasteiger partial charge is 0.573 e. The zero-order chi connectivity index (χ0) is 28.3. The molecule has 0 saturated carbocycles. The van der Waals surface area contributed by atoms with Gasteiger partial charge in [0.15, 0.2) is 11.5 Å². The minimum Gasteiger partial charge on any atom is -0.495 e. The van der Waals surface area contributed by atoms with Gasteiger partial charge < -0.3 is 30.0 Å². The molecule has 0 unspecified atom stereocenters. The number of primary amides is 1. The second kappa shape index (κ2) is 10.7. The van der Waals surface area contributed by atoms with Crippen LogP contribution in [-0.4, -0.2) is 37.4 Å². The normalized spacial score (nSPS) is 11.5. The van der Waals surface area contributed by atoms with Crippen molar-refractivity contribution < 1.29 is 56.3 Å². The molecule has 0 bridgehead atoms. The van der Waals surface area contributed by atoms with Gasteiger partial charge >= 0.3 is 12.5 Å². The summed E-state index contributed by atoms with van der Waals surface area (Å²) in [6.45, 7) is 0. The Labute approximate surface area is 211 Å². The number of benzene rings is 2. The Morgan fingerprint density at radius 2 is 1.61 bits per heavy atom. The van der Waals surface area contributed by atoms with Crippen molar-refractivity contribution in [3.8, 4) is 28.7 Å². The molecule has 15 heteroatoms. The molecule has 0 atom stereocenters. The first-order valence-electron chi connectivity index (χ1n) is 10.2. The van der Waals surface area contributed by atoms with Crippen molar-refractivity contribution in [3.63, 3.8) is 0 Å². The molecule has 0 spiro atoms. The predicted octanol–water partition coefficient (Wildman–Crippen LogP) is 5.41. The molecule has 0 radical (unpaired) electrons. The van der Waals surface area contributed by atoms with Crippen molar-refractivity contribution in [2.75, 3.05) is 19.5 Å². The quantitative estimate of drug-likeness (QED) is 0.362. The van der Waals surface area contributed by atoms with Crippen LogP contribution in [0, 0.1) is 0 Å². The van der Waals surface area contributed by atoms with Crippen molar-refractivity contribution in [1.29, 1.82) is 0 Å². The average molecular weight is 547 g/mol. The van der Waals surface area contributed by atoms with Gasteiger partial charge in [0.1, 0.15) is 28.6 Å². The minimum absolute atomic E-state index is 0. The summed E-state index contributed by atoms with van der Waals surface area (Å²) in [5.74, 6) is -4.69. The zero-order valence-electron chi connectivity index (χ0n) is 19.4. The molecule has 1 heterocycles. The van der Waals surface area contributed by atoms with Gasteiger partial charge in [0.05, 0.1) is 25.3 Å². The molecular formula is C23H19F6N3O6. The number of pyridine rings is 1. The number of alkyl halides is 6. The highest BCUT2D eigenvalue weighted by molar-refractivity contribution is 6.08. The molecule has 204 valence electrons. The second-order valence-electron chi connectivity index (χ2n) is 7.23. The highest BCUT2D eigenvalue weighted by atomic mass is 19.4. The lowest BCUT2D eigenvalue weighted by molar-refractivity contribution is -0.274. The van der Waals surface area contributed by atoms with E-state index in [4.69, 9.17) is 19.9 Å². The number of aromatic nitrogens is 1. The number of nitrogens with two attached hydrogens (primary N) is 1. The monoisotopic (exact) mass is 547 g/mol.